The lowest BCUT2D eigenvalue weighted by Crippen LogP contribution is -2.46. The Morgan fingerprint density at radius 1 is 1.41 bits per heavy atom. The molecule has 2 rings (SSSR count). The quantitative estimate of drug-likeness (QED) is 0.877. The van der Waals surface area contributed by atoms with Gasteiger partial charge in [-0.2, -0.15) is 0 Å². The largest absolute Gasteiger partial charge is 0.393 e. The molecule has 1 aliphatic rings. The molecule has 94 valence electrons. The third-order valence-electron chi connectivity index (χ3n) is 2.87. The molecule has 6 heteroatoms. The van der Waals surface area contributed by atoms with Crippen LogP contribution in [0.4, 0.5) is 0 Å². The van der Waals surface area contributed by atoms with Gasteiger partial charge in [-0.15, -0.1) is 0 Å². The van der Waals surface area contributed by atoms with Gasteiger partial charge >= 0.3 is 0 Å². The second-order valence-corrected chi connectivity index (χ2v) is 6.47. The smallest absolute Gasteiger partial charge is 0.241 e. The van der Waals surface area contributed by atoms with E-state index in [9.17, 15) is 8.42 Å². The molecule has 0 unspecified atom stereocenters. The van der Waals surface area contributed by atoms with Gasteiger partial charge < -0.3 is 5.11 Å². The van der Waals surface area contributed by atoms with Gasteiger partial charge in [-0.05, 0) is 37.5 Å². The Morgan fingerprint density at radius 2 is 2.06 bits per heavy atom. The number of rotatable bonds is 3. The van der Waals surface area contributed by atoms with Crippen LogP contribution < -0.4 is 4.72 Å². The lowest BCUT2D eigenvalue weighted by atomic mass is 9.91. The first kappa shape index (κ1) is 12.8. The molecule has 1 fully saturated rings. The summed E-state index contributed by atoms with van der Waals surface area (Å²) in [5.41, 5.74) is 0.654. The standard InChI is InChI=1S/C11H14ClNO3S/c1-7-2-3-8(12)4-11(7)17(15,16)13-9-5-10(14)6-9/h2-4,9-10,13-14H,5-6H2,1H3. The molecule has 1 saturated carbocycles. The van der Waals surface area contributed by atoms with Crippen molar-refractivity contribution in [1.29, 1.82) is 0 Å². The average molecular weight is 276 g/mol. The summed E-state index contributed by atoms with van der Waals surface area (Å²) < 4.78 is 26.7. The highest BCUT2D eigenvalue weighted by Crippen LogP contribution is 2.24. The third kappa shape index (κ3) is 2.80. The molecule has 1 aromatic rings. The van der Waals surface area contributed by atoms with Gasteiger partial charge in [0, 0.05) is 11.1 Å². The van der Waals surface area contributed by atoms with Gasteiger partial charge in [-0.1, -0.05) is 17.7 Å². The van der Waals surface area contributed by atoms with Crippen LogP contribution in [0, 0.1) is 6.92 Å². The number of nitrogens with one attached hydrogen (secondary N) is 1. The summed E-state index contributed by atoms with van der Waals surface area (Å²) in [7, 11) is -3.54. The first-order valence-electron chi connectivity index (χ1n) is 5.35. The third-order valence-corrected chi connectivity index (χ3v) is 4.77. The van der Waals surface area contributed by atoms with Crippen molar-refractivity contribution in [2.75, 3.05) is 0 Å². The van der Waals surface area contributed by atoms with Gasteiger partial charge in [0.1, 0.15) is 0 Å². The first-order chi connectivity index (χ1) is 7.88. The van der Waals surface area contributed by atoms with Crippen molar-refractivity contribution in [3.05, 3.63) is 28.8 Å². The fraction of sp³-hybridized carbons (Fsp3) is 0.455. The number of hydrogen-bond acceptors (Lipinski definition) is 3. The summed E-state index contributed by atoms with van der Waals surface area (Å²) in [5, 5.41) is 9.52. The van der Waals surface area contributed by atoms with Crippen LogP contribution in [0.15, 0.2) is 23.1 Å². The van der Waals surface area contributed by atoms with Gasteiger partial charge in [0.05, 0.1) is 11.0 Å². The number of aliphatic hydroxyl groups excluding tert-OH is 1. The molecule has 0 amide bonds. The van der Waals surface area contributed by atoms with E-state index in [0.717, 1.165) is 0 Å². The molecule has 0 heterocycles. The minimum absolute atomic E-state index is 0.173. The Hall–Kier alpha value is -0.620. The Kier molecular flexibility index (Phi) is 3.45. The fourth-order valence-electron chi connectivity index (χ4n) is 1.83. The Balaban J connectivity index is 2.22. The minimum Gasteiger partial charge on any atom is -0.393 e. The highest BCUT2D eigenvalue weighted by atomic mass is 35.5. The van der Waals surface area contributed by atoms with Crippen LogP contribution in [0.5, 0.6) is 0 Å². The van der Waals surface area contributed by atoms with Gasteiger partial charge in [-0.3, -0.25) is 0 Å². The maximum atomic E-state index is 12.1. The van der Waals surface area contributed by atoms with Gasteiger partial charge in [0.25, 0.3) is 0 Å². The molecule has 1 aromatic carbocycles. The summed E-state index contributed by atoms with van der Waals surface area (Å²) in [6.45, 7) is 1.72. The lowest BCUT2D eigenvalue weighted by molar-refractivity contribution is 0.0712. The van der Waals surface area contributed by atoms with Crippen molar-refractivity contribution >= 4 is 21.6 Å². The zero-order valence-corrected chi connectivity index (χ0v) is 10.9. The lowest BCUT2D eigenvalue weighted by Gasteiger charge is -2.31. The summed E-state index contributed by atoms with van der Waals surface area (Å²) >= 11 is 5.80. The Morgan fingerprint density at radius 3 is 2.65 bits per heavy atom. The topological polar surface area (TPSA) is 66.4 Å². The zero-order chi connectivity index (χ0) is 12.6. The van der Waals surface area contributed by atoms with E-state index in [1.165, 1.54) is 6.07 Å². The number of halogens is 1. The van der Waals surface area contributed by atoms with Crippen LogP contribution in [0.25, 0.3) is 0 Å². The fourth-order valence-corrected chi connectivity index (χ4v) is 3.60. The van der Waals surface area contributed by atoms with E-state index < -0.39 is 10.0 Å². The number of sulfonamides is 1. The molecule has 0 saturated heterocycles. The normalized spacial score (nSPS) is 24.4. The first-order valence-corrected chi connectivity index (χ1v) is 7.21. The van der Waals surface area contributed by atoms with Gasteiger partial charge in [-0.25, -0.2) is 13.1 Å². The monoisotopic (exact) mass is 275 g/mol. The number of hydrogen-bond donors (Lipinski definition) is 2. The van der Waals surface area contributed by atoms with E-state index in [4.69, 9.17) is 16.7 Å². The highest BCUT2D eigenvalue weighted by Gasteiger charge is 2.31. The molecule has 4 nitrogen and oxygen atoms in total. The summed E-state index contributed by atoms with van der Waals surface area (Å²) in [6.07, 6.45) is 0.556. The van der Waals surface area contributed by atoms with Crippen LogP contribution in [0.1, 0.15) is 18.4 Å². The van der Waals surface area contributed by atoms with Gasteiger partial charge in [0.15, 0.2) is 0 Å². The zero-order valence-electron chi connectivity index (χ0n) is 9.35. The number of aliphatic hydroxyl groups is 1. The molecular formula is C11H14ClNO3S. The molecule has 0 radical (unpaired) electrons. The molecule has 0 bridgehead atoms. The number of aryl methyl sites for hydroxylation is 1. The van der Waals surface area contributed by atoms with E-state index in [0.29, 0.717) is 23.4 Å². The minimum atomic E-state index is -3.54. The van der Waals surface area contributed by atoms with Gasteiger partial charge in [0.2, 0.25) is 10.0 Å². The van der Waals surface area contributed by atoms with E-state index in [1.807, 2.05) is 0 Å². The van der Waals surface area contributed by atoms with Crippen molar-refractivity contribution in [1.82, 2.24) is 4.72 Å². The predicted molar refractivity (Wildman–Crippen MR) is 65.5 cm³/mol. The summed E-state index contributed by atoms with van der Waals surface area (Å²) in [5.74, 6) is 0. The Labute approximate surface area is 106 Å². The second kappa shape index (κ2) is 4.57. The molecule has 0 aliphatic heterocycles. The van der Waals surface area contributed by atoms with Crippen molar-refractivity contribution in [2.45, 2.75) is 36.8 Å². The van der Waals surface area contributed by atoms with Crippen LogP contribution in [-0.4, -0.2) is 25.7 Å². The van der Waals surface area contributed by atoms with Crippen molar-refractivity contribution < 1.29 is 13.5 Å². The average Bonchev–Trinajstić information content (AvgIpc) is 2.19. The maximum absolute atomic E-state index is 12.1. The SMILES string of the molecule is Cc1ccc(Cl)cc1S(=O)(=O)NC1CC(O)C1. The van der Waals surface area contributed by atoms with E-state index >= 15 is 0 Å². The maximum Gasteiger partial charge on any atom is 0.241 e. The second-order valence-electron chi connectivity index (χ2n) is 4.35. The molecular weight excluding hydrogens is 262 g/mol. The summed E-state index contributed by atoms with van der Waals surface area (Å²) in [6, 6.07) is 4.59. The van der Waals surface area contributed by atoms with Crippen molar-refractivity contribution in [3.63, 3.8) is 0 Å². The van der Waals surface area contributed by atoms with E-state index in [2.05, 4.69) is 4.72 Å². The van der Waals surface area contributed by atoms with Crippen LogP contribution in [0.3, 0.4) is 0 Å². The van der Waals surface area contributed by atoms with Crippen LogP contribution >= 0.6 is 11.6 Å². The Bertz CT molecular complexity index is 524. The number of benzene rings is 1. The molecule has 0 atom stereocenters. The van der Waals surface area contributed by atoms with Crippen LogP contribution in [0.2, 0.25) is 5.02 Å². The van der Waals surface area contributed by atoms with E-state index in [-0.39, 0.29) is 17.0 Å². The van der Waals surface area contributed by atoms with Crippen molar-refractivity contribution in [2.24, 2.45) is 0 Å². The molecule has 0 aromatic heterocycles. The molecule has 17 heavy (non-hydrogen) atoms. The molecule has 1 aliphatic carbocycles. The molecule has 0 spiro atoms. The highest BCUT2D eigenvalue weighted by molar-refractivity contribution is 7.89. The van der Waals surface area contributed by atoms with Crippen molar-refractivity contribution in [3.8, 4) is 0 Å². The predicted octanol–water partition coefficient (Wildman–Crippen LogP) is 1.45. The van der Waals surface area contributed by atoms with E-state index in [1.54, 1.807) is 19.1 Å². The van der Waals surface area contributed by atoms with Crippen LogP contribution in [-0.2, 0) is 10.0 Å². The summed E-state index contributed by atoms with van der Waals surface area (Å²) in [4.78, 5) is 0.200. The molecule has 2 N–H and O–H groups in total.